The number of nitro groups is 1. The molecular weight excluding hydrogens is 562 g/mol. The second kappa shape index (κ2) is 10.4. The first-order valence-corrected chi connectivity index (χ1v) is 13.4. The number of ether oxygens (including phenoxy) is 1. The maximum atomic E-state index is 14.1. The van der Waals surface area contributed by atoms with Crippen molar-refractivity contribution >= 4 is 46.4 Å². The number of allylic oxidation sites excluding steroid dienone is 2. The fourth-order valence-corrected chi connectivity index (χ4v) is 6.07. The summed E-state index contributed by atoms with van der Waals surface area (Å²) in [6, 6.07) is 16.5. The molecule has 0 aromatic heterocycles. The van der Waals surface area contributed by atoms with Gasteiger partial charge in [0.05, 0.1) is 29.9 Å². The Hall–Kier alpha value is -5.09. The van der Waals surface area contributed by atoms with Crippen molar-refractivity contribution in [3.8, 4) is 5.75 Å². The molecule has 0 radical (unpaired) electrons. The average Bonchev–Trinajstić information content (AvgIpc) is 3.48. The summed E-state index contributed by atoms with van der Waals surface area (Å²) in [4.78, 5) is 68.8. The van der Waals surface area contributed by atoms with Crippen LogP contribution in [-0.2, 0) is 9.59 Å². The van der Waals surface area contributed by atoms with E-state index in [4.69, 9.17) is 16.3 Å². The van der Waals surface area contributed by atoms with E-state index in [1.807, 2.05) is 0 Å². The van der Waals surface area contributed by atoms with Crippen LogP contribution in [0.25, 0.3) is 0 Å². The molecule has 0 N–H and O–H groups in total. The van der Waals surface area contributed by atoms with Crippen LogP contribution < -0.4 is 9.64 Å². The van der Waals surface area contributed by atoms with E-state index in [9.17, 15) is 29.3 Å². The maximum Gasteiger partial charge on any atom is 0.271 e. The van der Waals surface area contributed by atoms with Gasteiger partial charge < -0.3 is 9.64 Å². The Morgan fingerprint density at radius 1 is 0.929 bits per heavy atom. The number of nitrogens with zero attached hydrogens (tertiary/aromatic N) is 3. The third kappa shape index (κ3) is 4.27. The molecule has 4 atom stereocenters. The second-order valence-electron chi connectivity index (χ2n) is 10.1. The molecule has 2 fully saturated rings. The van der Waals surface area contributed by atoms with Gasteiger partial charge in [-0.2, -0.15) is 0 Å². The zero-order valence-corrected chi connectivity index (χ0v) is 22.8. The molecule has 0 bridgehead atoms. The van der Waals surface area contributed by atoms with Crippen LogP contribution in [0.4, 0.5) is 11.4 Å². The van der Waals surface area contributed by atoms with Crippen molar-refractivity contribution in [2.75, 3.05) is 12.0 Å². The number of non-ortho nitro benzene ring substituents is 1. The van der Waals surface area contributed by atoms with Crippen molar-refractivity contribution in [3.63, 3.8) is 0 Å². The highest BCUT2D eigenvalue weighted by molar-refractivity contribution is 6.30. The van der Waals surface area contributed by atoms with Gasteiger partial charge in [-0.25, -0.2) is 4.90 Å². The van der Waals surface area contributed by atoms with Crippen molar-refractivity contribution < 1.29 is 28.8 Å². The summed E-state index contributed by atoms with van der Waals surface area (Å²) in [6.07, 6.45) is 4.77. The van der Waals surface area contributed by atoms with Gasteiger partial charge in [-0.3, -0.25) is 29.3 Å². The number of fused-ring (bicyclic) bond motifs is 3. The van der Waals surface area contributed by atoms with Crippen LogP contribution >= 0.6 is 11.6 Å². The monoisotopic (exact) mass is 583 g/mol. The van der Waals surface area contributed by atoms with Gasteiger partial charge in [-0.1, -0.05) is 48.0 Å². The number of benzene rings is 3. The molecule has 6 rings (SSSR count). The summed E-state index contributed by atoms with van der Waals surface area (Å²) in [5.41, 5.74) is 0.625. The van der Waals surface area contributed by atoms with Crippen molar-refractivity contribution in [2.45, 2.75) is 12.1 Å². The molecule has 11 heteroatoms. The molecule has 3 heterocycles. The van der Waals surface area contributed by atoms with Crippen LogP contribution in [0.3, 0.4) is 0 Å². The Balaban J connectivity index is 1.46. The van der Waals surface area contributed by atoms with E-state index in [1.54, 1.807) is 77.8 Å². The van der Waals surface area contributed by atoms with Gasteiger partial charge in [0.25, 0.3) is 5.69 Å². The van der Waals surface area contributed by atoms with Gasteiger partial charge >= 0.3 is 0 Å². The summed E-state index contributed by atoms with van der Waals surface area (Å²) in [5, 5.41) is 11.9. The topological polar surface area (TPSA) is 127 Å². The van der Waals surface area contributed by atoms with Gasteiger partial charge in [0, 0.05) is 40.1 Å². The lowest BCUT2D eigenvalue weighted by Gasteiger charge is -2.33. The number of hydrogen-bond acceptors (Lipinski definition) is 8. The van der Waals surface area contributed by atoms with E-state index in [0.29, 0.717) is 21.7 Å². The predicted octanol–water partition coefficient (Wildman–Crippen LogP) is 4.63. The van der Waals surface area contributed by atoms with Crippen LogP contribution in [0.1, 0.15) is 20.7 Å². The molecule has 0 spiro atoms. The van der Waals surface area contributed by atoms with Crippen LogP contribution in [0, 0.1) is 22.0 Å². The van der Waals surface area contributed by atoms with E-state index < -0.39 is 46.4 Å². The van der Waals surface area contributed by atoms with E-state index in [-0.39, 0.29) is 22.9 Å². The van der Waals surface area contributed by atoms with Crippen molar-refractivity contribution in [2.24, 2.45) is 11.8 Å². The van der Waals surface area contributed by atoms with E-state index >= 15 is 0 Å². The molecular formula is C31H22ClN3O7. The predicted molar refractivity (Wildman–Crippen MR) is 152 cm³/mol. The normalized spacial score (nSPS) is 22.5. The Labute approximate surface area is 244 Å². The molecule has 2 saturated heterocycles. The van der Waals surface area contributed by atoms with E-state index in [0.717, 1.165) is 11.0 Å². The number of ketones is 2. The molecule has 0 unspecified atom stereocenters. The van der Waals surface area contributed by atoms with E-state index in [2.05, 4.69) is 0 Å². The maximum absolute atomic E-state index is 14.1. The van der Waals surface area contributed by atoms with Crippen LogP contribution in [0.5, 0.6) is 5.75 Å². The minimum Gasteiger partial charge on any atom is -0.495 e. The van der Waals surface area contributed by atoms with Crippen LogP contribution in [0.15, 0.2) is 96.7 Å². The number of amides is 2. The number of rotatable bonds is 7. The van der Waals surface area contributed by atoms with Gasteiger partial charge in [0.2, 0.25) is 11.8 Å². The SMILES string of the molecule is COc1ccc([N+](=O)[O-])cc1N1C(=O)[C@@H]2[C@H](C1=O)[C@H]1C=C(C(=O)c3ccccc3)C=CN1[C@@H]2C(=O)c1ccc(Cl)cc1. The molecule has 2 amide bonds. The smallest absolute Gasteiger partial charge is 0.271 e. The Morgan fingerprint density at radius 3 is 2.29 bits per heavy atom. The van der Waals surface area contributed by atoms with Crippen LogP contribution in [-0.4, -0.2) is 52.4 Å². The minimum absolute atomic E-state index is 0.0822. The minimum atomic E-state index is -1.14. The summed E-state index contributed by atoms with van der Waals surface area (Å²) in [6.45, 7) is 0. The molecule has 3 aromatic rings. The fraction of sp³-hybridized carbons (Fsp3) is 0.161. The Kier molecular flexibility index (Phi) is 6.70. The second-order valence-corrected chi connectivity index (χ2v) is 10.5. The van der Waals surface area contributed by atoms with Gasteiger partial charge in [-0.05, 0) is 36.4 Å². The molecule has 0 saturated carbocycles. The molecule has 3 aromatic carbocycles. The van der Waals surface area contributed by atoms with Crippen molar-refractivity contribution in [1.29, 1.82) is 0 Å². The third-order valence-electron chi connectivity index (χ3n) is 7.86. The first-order valence-electron chi connectivity index (χ1n) is 13.0. The standard InChI is InChI=1S/C31H22ClN3O7/c1-42-24-12-11-21(35(40)41)16-22(24)34-30(38)25-23-15-19(28(36)17-5-3-2-4-6-17)13-14-33(23)27(26(25)31(34)39)29(37)18-7-9-20(32)10-8-18/h2-16,23,25-27H,1H3/t23-,25-,26-,27+/m1/s1. The lowest BCUT2D eigenvalue weighted by Crippen LogP contribution is -2.46. The number of anilines is 1. The number of carbonyl (C=O) groups excluding carboxylic acids is 4. The third-order valence-corrected chi connectivity index (χ3v) is 8.11. The summed E-state index contributed by atoms with van der Waals surface area (Å²) in [7, 11) is 1.32. The largest absolute Gasteiger partial charge is 0.495 e. The Morgan fingerprint density at radius 2 is 1.62 bits per heavy atom. The van der Waals surface area contributed by atoms with Gasteiger partial charge in [-0.15, -0.1) is 0 Å². The molecule has 42 heavy (non-hydrogen) atoms. The number of hydrogen-bond donors (Lipinski definition) is 0. The lowest BCUT2D eigenvalue weighted by molar-refractivity contribution is -0.384. The molecule has 10 nitrogen and oxygen atoms in total. The highest BCUT2D eigenvalue weighted by Gasteiger charge is 2.64. The quantitative estimate of drug-likeness (QED) is 0.170. The summed E-state index contributed by atoms with van der Waals surface area (Å²) in [5.74, 6) is -4.13. The zero-order chi connectivity index (χ0) is 29.7. The fourth-order valence-electron chi connectivity index (χ4n) is 5.94. The van der Waals surface area contributed by atoms with E-state index in [1.165, 1.54) is 19.2 Å². The number of methoxy groups -OCH3 is 1. The lowest BCUT2D eigenvalue weighted by atomic mass is 9.85. The summed E-state index contributed by atoms with van der Waals surface area (Å²) < 4.78 is 5.34. The average molecular weight is 584 g/mol. The molecule has 0 aliphatic carbocycles. The number of halogens is 1. The first-order chi connectivity index (χ1) is 20.2. The van der Waals surface area contributed by atoms with Gasteiger partial charge in [0.1, 0.15) is 17.5 Å². The first kappa shape index (κ1) is 27.1. The highest BCUT2D eigenvalue weighted by atomic mass is 35.5. The number of carbonyl (C=O) groups is 4. The molecule has 3 aliphatic heterocycles. The number of Topliss-reactive ketones (excluding diaryl/α,β-unsaturated/α-hetero) is 2. The number of imide groups is 1. The highest BCUT2D eigenvalue weighted by Crippen LogP contribution is 2.49. The molecule has 3 aliphatic rings. The number of nitro benzene ring substituents is 1. The van der Waals surface area contributed by atoms with Crippen molar-refractivity contribution in [1.82, 2.24) is 4.90 Å². The van der Waals surface area contributed by atoms with Crippen molar-refractivity contribution in [3.05, 3.63) is 123 Å². The summed E-state index contributed by atoms with van der Waals surface area (Å²) >= 11 is 6.03. The van der Waals surface area contributed by atoms with Crippen LogP contribution in [0.2, 0.25) is 5.02 Å². The van der Waals surface area contributed by atoms with Gasteiger partial charge in [0.15, 0.2) is 11.6 Å². The Bertz CT molecular complexity index is 1720. The molecule has 210 valence electrons. The zero-order valence-electron chi connectivity index (χ0n) is 22.0.